The Hall–Kier alpha value is -5.24. The molecular weight excluding hydrogens is 540 g/mol. The Morgan fingerprint density at radius 3 is 2.16 bits per heavy atom. The number of carbonyl (C=O) groups excluding carboxylic acids is 3. The van der Waals surface area contributed by atoms with Crippen molar-refractivity contribution in [3.8, 4) is 5.75 Å². The summed E-state index contributed by atoms with van der Waals surface area (Å²) in [5.74, 6) is -0.355. The van der Waals surface area contributed by atoms with Gasteiger partial charge in [0.15, 0.2) is 0 Å². The van der Waals surface area contributed by atoms with Crippen LogP contribution in [0.2, 0.25) is 0 Å². The van der Waals surface area contributed by atoms with Gasteiger partial charge in [-0.05, 0) is 56.3 Å². The molecule has 1 heterocycles. The molecule has 8 nitrogen and oxygen atoms in total. The maximum Gasteiger partial charge on any atom is 0.252 e. The third kappa shape index (κ3) is 6.64. The van der Waals surface area contributed by atoms with E-state index in [2.05, 4.69) is 5.32 Å². The van der Waals surface area contributed by atoms with Crippen LogP contribution >= 0.6 is 0 Å². The smallest absolute Gasteiger partial charge is 0.252 e. The zero-order chi connectivity index (χ0) is 30.3. The standard InChI is InChI=1S/C35H34N4O4/c1-24(2)39(27-18-20-28(43-3)21-19-27)33(41)23-38-31-17-11-10-16-29(31)34(25-12-6-4-7-13-25)37-30(35(38)42)22-32(40)36-26-14-8-5-9-15-26/h4-21,24,30H,22-23H2,1-3H3,(H,36,40). The summed E-state index contributed by atoms with van der Waals surface area (Å²) in [6.45, 7) is 3.62. The molecule has 3 amide bonds. The normalized spacial score (nSPS) is 14.4. The van der Waals surface area contributed by atoms with Crippen molar-refractivity contribution in [1.29, 1.82) is 0 Å². The molecule has 0 spiro atoms. The van der Waals surface area contributed by atoms with Gasteiger partial charge in [0.05, 0.1) is 24.9 Å². The molecule has 1 N–H and O–H groups in total. The minimum absolute atomic E-state index is 0.179. The Morgan fingerprint density at radius 1 is 0.884 bits per heavy atom. The van der Waals surface area contributed by atoms with Crippen LogP contribution in [0.1, 0.15) is 31.4 Å². The van der Waals surface area contributed by atoms with Gasteiger partial charge in [-0.15, -0.1) is 0 Å². The number of hydrogen-bond acceptors (Lipinski definition) is 5. The second-order valence-corrected chi connectivity index (χ2v) is 10.5. The fraction of sp³-hybridized carbons (Fsp3) is 0.200. The number of carbonyl (C=O) groups is 3. The summed E-state index contributed by atoms with van der Waals surface area (Å²) >= 11 is 0. The van der Waals surface area contributed by atoms with Crippen molar-refractivity contribution in [2.24, 2.45) is 4.99 Å². The molecule has 1 atom stereocenters. The van der Waals surface area contributed by atoms with Crippen LogP contribution in [0.4, 0.5) is 17.1 Å². The molecule has 8 heteroatoms. The highest BCUT2D eigenvalue weighted by atomic mass is 16.5. The lowest BCUT2D eigenvalue weighted by Gasteiger charge is -2.31. The van der Waals surface area contributed by atoms with Crippen LogP contribution < -0.4 is 19.9 Å². The van der Waals surface area contributed by atoms with Crippen LogP contribution in [0, 0.1) is 0 Å². The largest absolute Gasteiger partial charge is 0.497 e. The van der Waals surface area contributed by atoms with Gasteiger partial charge in [-0.25, -0.2) is 0 Å². The van der Waals surface area contributed by atoms with E-state index in [1.54, 1.807) is 36.3 Å². The first-order valence-corrected chi connectivity index (χ1v) is 14.2. The lowest BCUT2D eigenvalue weighted by molar-refractivity contribution is -0.125. The van der Waals surface area contributed by atoms with Gasteiger partial charge in [0.2, 0.25) is 11.8 Å². The van der Waals surface area contributed by atoms with Crippen molar-refractivity contribution in [1.82, 2.24) is 0 Å². The summed E-state index contributed by atoms with van der Waals surface area (Å²) in [4.78, 5) is 49.5. The van der Waals surface area contributed by atoms with E-state index in [-0.39, 0.29) is 30.8 Å². The average Bonchev–Trinajstić information content (AvgIpc) is 3.13. The number of nitrogens with zero attached hydrogens (tertiary/aromatic N) is 3. The van der Waals surface area contributed by atoms with Gasteiger partial charge in [0.25, 0.3) is 5.91 Å². The lowest BCUT2D eigenvalue weighted by atomic mass is 10.00. The fourth-order valence-electron chi connectivity index (χ4n) is 5.20. The average molecular weight is 575 g/mol. The number of fused-ring (bicyclic) bond motifs is 1. The summed E-state index contributed by atoms with van der Waals surface area (Å²) < 4.78 is 5.28. The first-order chi connectivity index (χ1) is 20.9. The van der Waals surface area contributed by atoms with Gasteiger partial charge < -0.3 is 19.9 Å². The van der Waals surface area contributed by atoms with Crippen LogP contribution in [0.15, 0.2) is 114 Å². The number of benzodiazepines with no additional fused rings is 1. The maximum atomic E-state index is 14.3. The van der Waals surface area contributed by atoms with E-state index in [4.69, 9.17) is 9.73 Å². The topological polar surface area (TPSA) is 91.3 Å². The highest BCUT2D eigenvalue weighted by Gasteiger charge is 2.35. The number of hydrogen-bond donors (Lipinski definition) is 1. The number of amides is 3. The van der Waals surface area contributed by atoms with Gasteiger partial charge in [-0.1, -0.05) is 66.7 Å². The molecule has 0 radical (unpaired) electrons. The summed E-state index contributed by atoms with van der Waals surface area (Å²) in [5, 5.41) is 2.86. The molecule has 0 aliphatic carbocycles. The van der Waals surface area contributed by atoms with Crippen molar-refractivity contribution in [3.05, 3.63) is 120 Å². The zero-order valence-corrected chi connectivity index (χ0v) is 24.4. The van der Waals surface area contributed by atoms with E-state index >= 15 is 0 Å². The number of anilines is 3. The number of benzene rings is 4. The fourth-order valence-corrected chi connectivity index (χ4v) is 5.20. The molecule has 0 saturated carbocycles. The number of nitrogens with one attached hydrogen (secondary N) is 1. The van der Waals surface area contributed by atoms with E-state index in [1.165, 1.54) is 4.90 Å². The monoisotopic (exact) mass is 574 g/mol. The molecule has 1 unspecified atom stereocenters. The molecule has 1 aliphatic heterocycles. The molecule has 43 heavy (non-hydrogen) atoms. The third-order valence-corrected chi connectivity index (χ3v) is 7.20. The highest BCUT2D eigenvalue weighted by molar-refractivity contribution is 6.21. The summed E-state index contributed by atoms with van der Waals surface area (Å²) in [5.41, 5.74) is 3.99. The van der Waals surface area contributed by atoms with Crippen molar-refractivity contribution in [3.63, 3.8) is 0 Å². The Bertz CT molecular complexity index is 1620. The van der Waals surface area contributed by atoms with Crippen LogP contribution in [0.3, 0.4) is 0 Å². The predicted molar refractivity (Wildman–Crippen MR) is 170 cm³/mol. The first-order valence-electron chi connectivity index (χ1n) is 14.2. The molecule has 1 aliphatic rings. The van der Waals surface area contributed by atoms with Crippen LogP contribution in [0.5, 0.6) is 5.75 Å². The van der Waals surface area contributed by atoms with Crippen LogP contribution in [0.25, 0.3) is 0 Å². The van der Waals surface area contributed by atoms with E-state index in [1.807, 2.05) is 98.8 Å². The van der Waals surface area contributed by atoms with Crippen molar-refractivity contribution < 1.29 is 19.1 Å². The minimum Gasteiger partial charge on any atom is -0.497 e. The lowest BCUT2D eigenvalue weighted by Crippen LogP contribution is -2.48. The number of rotatable bonds is 9. The highest BCUT2D eigenvalue weighted by Crippen LogP contribution is 2.30. The Morgan fingerprint density at radius 2 is 1.51 bits per heavy atom. The van der Waals surface area contributed by atoms with Crippen LogP contribution in [-0.2, 0) is 14.4 Å². The molecule has 218 valence electrons. The van der Waals surface area contributed by atoms with Crippen molar-refractivity contribution >= 4 is 40.5 Å². The molecular formula is C35H34N4O4. The third-order valence-electron chi connectivity index (χ3n) is 7.20. The predicted octanol–water partition coefficient (Wildman–Crippen LogP) is 5.72. The van der Waals surface area contributed by atoms with Crippen molar-refractivity contribution in [2.75, 3.05) is 28.8 Å². The molecule has 0 aromatic heterocycles. The maximum absolute atomic E-state index is 14.3. The molecule has 5 rings (SSSR count). The van der Waals surface area contributed by atoms with E-state index in [9.17, 15) is 14.4 Å². The van der Waals surface area contributed by atoms with Gasteiger partial charge in [0, 0.05) is 28.5 Å². The number of para-hydroxylation sites is 2. The van der Waals surface area contributed by atoms with E-state index in [0.717, 1.165) is 5.56 Å². The van der Waals surface area contributed by atoms with Gasteiger partial charge in [-0.2, -0.15) is 0 Å². The number of aliphatic imine (C=N–C) groups is 1. The SMILES string of the molecule is COc1ccc(N(C(=O)CN2C(=O)C(CC(=O)Nc3ccccc3)N=C(c3ccccc3)c3ccccc32)C(C)C)cc1. The molecule has 4 aromatic rings. The molecule has 0 bridgehead atoms. The zero-order valence-electron chi connectivity index (χ0n) is 24.4. The van der Waals surface area contributed by atoms with Crippen LogP contribution in [-0.4, -0.2) is 49.2 Å². The number of methoxy groups -OCH3 is 1. The quantitative estimate of drug-likeness (QED) is 0.277. The van der Waals surface area contributed by atoms with Gasteiger partial charge in [0.1, 0.15) is 18.3 Å². The van der Waals surface area contributed by atoms with Gasteiger partial charge in [-0.3, -0.25) is 19.4 Å². The van der Waals surface area contributed by atoms with E-state index in [0.29, 0.717) is 34.1 Å². The summed E-state index contributed by atoms with van der Waals surface area (Å²) in [6, 6.07) is 32.1. The second-order valence-electron chi connectivity index (χ2n) is 10.5. The molecule has 0 fully saturated rings. The van der Waals surface area contributed by atoms with Crippen molar-refractivity contribution in [2.45, 2.75) is 32.4 Å². The second kappa shape index (κ2) is 13.2. The van der Waals surface area contributed by atoms with Gasteiger partial charge >= 0.3 is 0 Å². The number of ether oxygens (including phenoxy) is 1. The molecule has 0 saturated heterocycles. The minimum atomic E-state index is -1.05. The van der Waals surface area contributed by atoms with E-state index < -0.39 is 11.9 Å². The Kier molecular flexibility index (Phi) is 8.96. The Balaban J connectivity index is 1.53. The first kappa shape index (κ1) is 29.3. The molecule has 4 aromatic carbocycles. The summed E-state index contributed by atoms with van der Waals surface area (Å²) in [6.07, 6.45) is -0.185. The summed E-state index contributed by atoms with van der Waals surface area (Å²) in [7, 11) is 1.59. The Labute approximate surface area is 251 Å².